The van der Waals surface area contributed by atoms with Gasteiger partial charge in [-0.15, -0.1) is 0 Å². The van der Waals surface area contributed by atoms with Crippen LogP contribution in [0.2, 0.25) is 0 Å². The average Bonchev–Trinajstić information content (AvgIpc) is 3.71. The second-order valence-corrected chi connectivity index (χ2v) is 16.4. The van der Waals surface area contributed by atoms with Gasteiger partial charge >= 0.3 is 11.9 Å². The van der Waals surface area contributed by atoms with Crippen LogP contribution in [0.5, 0.6) is 0 Å². The van der Waals surface area contributed by atoms with Gasteiger partial charge in [0.1, 0.15) is 0 Å². The van der Waals surface area contributed by atoms with Gasteiger partial charge in [0.25, 0.3) is 0 Å². The minimum atomic E-state index is -3.66. The predicted octanol–water partition coefficient (Wildman–Crippen LogP) is 7.61. The lowest BCUT2D eigenvalue weighted by Gasteiger charge is -2.18. The Morgan fingerprint density at radius 1 is 0.562 bits per heavy atom. The zero-order valence-corrected chi connectivity index (χ0v) is 27.6. The van der Waals surface area contributed by atoms with Crippen molar-refractivity contribution in [3.63, 3.8) is 0 Å². The number of nitrogens with one attached hydrogen (secondary N) is 2. The Kier molecular flexibility index (Phi) is 10.8. The minimum absolute atomic E-state index is 0.0429. The number of carboxylic acid groups (broad SMARTS) is 2. The molecule has 12 heteroatoms. The predicted molar refractivity (Wildman–Crippen MR) is 187 cm³/mol. The Labute approximate surface area is 277 Å². The number of hydrogen-bond donors (Lipinski definition) is 6. The Hall–Kier alpha value is -4.72. The molecule has 0 saturated heterocycles. The van der Waals surface area contributed by atoms with Crippen molar-refractivity contribution in [2.75, 3.05) is 12.3 Å². The normalized spacial score (nSPS) is 15.0. The molecule has 4 aromatic carbocycles. The summed E-state index contributed by atoms with van der Waals surface area (Å²) in [6.07, 6.45) is 2.83. The molecule has 0 aliphatic carbocycles. The highest BCUT2D eigenvalue weighted by Crippen LogP contribution is 2.50. The molecule has 48 heavy (non-hydrogen) atoms. The fraction of sp³-hybridized carbons (Fsp3) is 0.167. The molecule has 0 aliphatic heterocycles. The number of rotatable bonds is 12. The number of hydrogen-bond acceptors (Lipinski definition) is 4. The van der Waals surface area contributed by atoms with Gasteiger partial charge in [0.15, 0.2) is 0 Å². The summed E-state index contributed by atoms with van der Waals surface area (Å²) in [5.74, 6) is -4.16. The molecule has 0 spiro atoms. The molecule has 4 atom stereocenters. The lowest BCUT2D eigenvalue weighted by Crippen LogP contribution is -2.16. The van der Waals surface area contributed by atoms with Crippen molar-refractivity contribution in [2.45, 2.75) is 24.2 Å². The number of carboxylic acids is 2. The van der Waals surface area contributed by atoms with E-state index in [1.807, 2.05) is 42.5 Å². The van der Waals surface area contributed by atoms with Crippen molar-refractivity contribution in [1.82, 2.24) is 9.97 Å². The lowest BCUT2D eigenvalue weighted by molar-refractivity contribution is -0.139. The van der Waals surface area contributed by atoms with Crippen molar-refractivity contribution in [2.24, 2.45) is 0 Å². The number of para-hydroxylation sites is 1. The maximum atomic E-state index is 12.7. The van der Waals surface area contributed by atoms with Crippen LogP contribution in [0, 0.1) is 0 Å². The van der Waals surface area contributed by atoms with E-state index in [0.29, 0.717) is 11.1 Å². The van der Waals surface area contributed by atoms with Crippen molar-refractivity contribution in [3.8, 4) is 0 Å². The van der Waals surface area contributed by atoms with E-state index in [2.05, 4.69) is 9.97 Å². The fourth-order valence-corrected chi connectivity index (χ4v) is 9.54. The zero-order valence-electron chi connectivity index (χ0n) is 25.8. The Morgan fingerprint density at radius 2 is 1.02 bits per heavy atom. The Bertz CT molecular complexity index is 2100. The van der Waals surface area contributed by atoms with Gasteiger partial charge in [-0.3, -0.25) is 18.7 Å². The summed E-state index contributed by atoms with van der Waals surface area (Å²) in [7, 11) is -7.33. The van der Waals surface area contributed by atoms with Gasteiger partial charge in [-0.25, -0.2) is 0 Å². The first-order chi connectivity index (χ1) is 22.9. The first kappa shape index (κ1) is 34.6. The number of aliphatic carboxylic acids is 2. The van der Waals surface area contributed by atoms with Crippen LogP contribution in [0.3, 0.4) is 0 Å². The molecule has 0 amide bonds. The molecule has 6 N–H and O–H groups in total. The highest BCUT2D eigenvalue weighted by Gasteiger charge is 2.32. The van der Waals surface area contributed by atoms with E-state index < -0.39 is 38.5 Å². The number of fused-ring (bicyclic) bond motifs is 2. The van der Waals surface area contributed by atoms with Crippen molar-refractivity contribution in [1.29, 1.82) is 0 Å². The number of aromatic nitrogens is 2. The summed E-state index contributed by atoms with van der Waals surface area (Å²) >= 11 is 0. The molecule has 0 bridgehead atoms. The number of aromatic amines is 2. The van der Waals surface area contributed by atoms with Crippen LogP contribution in [-0.4, -0.2) is 54.2 Å². The van der Waals surface area contributed by atoms with E-state index in [-0.39, 0.29) is 24.6 Å². The summed E-state index contributed by atoms with van der Waals surface area (Å²) in [6.45, 7) is 0. The molecule has 10 nitrogen and oxygen atoms in total. The molecule has 6 rings (SSSR count). The standard InChI is InChI=1S/2C18H18NO4P/c20-18(21)16(13-6-2-1-3-7-13)12-24(22,23)11-14-10-19-17-9-5-4-8-15(14)17;20-18(21)16(13-5-2-1-3-6-13)12-24(22,23)11-14-7-4-8-17-15(14)9-10-19-17/h2*1-10,16,19H,11-12H2,(H,20,21)(H,22,23). The van der Waals surface area contributed by atoms with Crippen molar-refractivity contribution < 1.29 is 38.7 Å². The van der Waals surface area contributed by atoms with Crippen LogP contribution in [0.25, 0.3) is 21.8 Å². The topological polar surface area (TPSA) is 181 Å². The SMILES string of the molecule is O=C(O)C(CP(=O)(O)Cc1c[nH]c2ccccc12)c1ccccc1.O=C(O)C(CP(=O)(O)Cc1cccc2[nH]ccc12)c1ccccc1. The maximum Gasteiger partial charge on any atom is 0.311 e. The van der Waals surface area contributed by atoms with E-state index in [9.17, 15) is 38.7 Å². The second kappa shape index (κ2) is 15.0. The molecule has 2 heterocycles. The summed E-state index contributed by atoms with van der Waals surface area (Å²) in [5.41, 5.74) is 4.35. The van der Waals surface area contributed by atoms with Crippen LogP contribution in [0.15, 0.2) is 122 Å². The quantitative estimate of drug-likeness (QED) is 0.0711. The summed E-state index contributed by atoms with van der Waals surface area (Å²) in [5, 5.41) is 20.7. The van der Waals surface area contributed by atoms with Crippen LogP contribution < -0.4 is 0 Å². The summed E-state index contributed by atoms with van der Waals surface area (Å²) < 4.78 is 25.4. The van der Waals surface area contributed by atoms with Crippen molar-refractivity contribution >= 4 is 48.5 Å². The minimum Gasteiger partial charge on any atom is -0.481 e. The number of H-pyrrole nitrogens is 2. The molecule has 0 saturated carbocycles. The van der Waals surface area contributed by atoms with Gasteiger partial charge in [-0.1, -0.05) is 91.0 Å². The second-order valence-electron chi connectivity index (χ2n) is 11.7. The maximum absolute atomic E-state index is 12.7. The molecule has 0 fully saturated rings. The monoisotopic (exact) mass is 686 g/mol. The third kappa shape index (κ3) is 8.79. The molecular formula is C36H36N2O8P2. The molecular weight excluding hydrogens is 650 g/mol. The van der Waals surface area contributed by atoms with Crippen LogP contribution >= 0.6 is 14.7 Å². The fourth-order valence-electron chi connectivity index (χ4n) is 5.81. The van der Waals surface area contributed by atoms with E-state index in [1.54, 1.807) is 79.1 Å². The smallest absolute Gasteiger partial charge is 0.311 e. The Morgan fingerprint density at radius 3 is 1.58 bits per heavy atom. The lowest BCUT2D eigenvalue weighted by atomic mass is 10.0. The van der Waals surface area contributed by atoms with Crippen LogP contribution in [-0.2, 0) is 31.0 Å². The van der Waals surface area contributed by atoms with E-state index in [1.165, 1.54) is 0 Å². The highest BCUT2D eigenvalue weighted by molar-refractivity contribution is 7.57. The van der Waals surface area contributed by atoms with E-state index >= 15 is 0 Å². The zero-order chi connectivity index (χ0) is 34.3. The Balaban J connectivity index is 0.000000188. The van der Waals surface area contributed by atoms with Gasteiger partial charge in [0.05, 0.1) is 24.2 Å². The van der Waals surface area contributed by atoms with Crippen LogP contribution in [0.1, 0.15) is 34.1 Å². The summed E-state index contributed by atoms with van der Waals surface area (Å²) in [4.78, 5) is 50.1. The van der Waals surface area contributed by atoms with Gasteiger partial charge < -0.3 is 30.0 Å². The van der Waals surface area contributed by atoms with E-state index in [4.69, 9.17) is 0 Å². The van der Waals surface area contributed by atoms with Gasteiger partial charge in [0.2, 0.25) is 14.7 Å². The molecule has 6 aromatic rings. The summed E-state index contributed by atoms with van der Waals surface area (Å²) in [6, 6.07) is 32.1. The molecule has 0 aliphatic rings. The third-order valence-electron chi connectivity index (χ3n) is 8.13. The average molecular weight is 687 g/mol. The first-order valence-corrected chi connectivity index (χ1v) is 19.3. The van der Waals surface area contributed by atoms with Gasteiger partial charge in [0, 0.05) is 46.5 Å². The first-order valence-electron chi connectivity index (χ1n) is 15.2. The van der Waals surface area contributed by atoms with Gasteiger partial charge in [-0.2, -0.15) is 0 Å². The number of benzene rings is 4. The van der Waals surface area contributed by atoms with Gasteiger partial charge in [-0.05, 0) is 40.5 Å². The molecule has 2 aromatic heterocycles. The molecule has 4 unspecified atom stereocenters. The van der Waals surface area contributed by atoms with Crippen LogP contribution in [0.4, 0.5) is 0 Å². The highest BCUT2D eigenvalue weighted by atomic mass is 31.2. The number of carbonyl (C=O) groups is 2. The van der Waals surface area contributed by atoms with E-state index in [0.717, 1.165) is 32.9 Å². The van der Waals surface area contributed by atoms with Crippen molar-refractivity contribution in [3.05, 3.63) is 144 Å². The molecule has 248 valence electrons. The molecule has 0 radical (unpaired) electrons. The third-order valence-corrected chi connectivity index (χ3v) is 11.7. The largest absolute Gasteiger partial charge is 0.481 e.